The maximum atomic E-state index is 12.5. The summed E-state index contributed by atoms with van der Waals surface area (Å²) in [5.41, 5.74) is 8.60. The van der Waals surface area contributed by atoms with E-state index in [2.05, 4.69) is 64.3 Å². The monoisotopic (exact) mass is 486 g/mol. The molecule has 0 aliphatic carbocycles. The Labute approximate surface area is 216 Å². The standard InChI is InChI=1S/C32H30N4O/c1-22-19-26(7-8-27(22)21-36-17-12-24(13-18-36)23-9-14-33-15-10-23)31-28(25-5-3-2-4-6-25)20-29-30(35-31)11-16-34-32(29)37/h2-11,14-16,19-20,24H,12-13,17-18,21H2,1H3,(H,34,37). The third kappa shape index (κ3) is 4.83. The van der Waals surface area contributed by atoms with Crippen LogP contribution in [0.15, 0.2) is 96.2 Å². The van der Waals surface area contributed by atoms with E-state index in [1.165, 1.54) is 29.5 Å². The van der Waals surface area contributed by atoms with Crippen molar-refractivity contribution < 1.29 is 0 Å². The smallest absolute Gasteiger partial charge is 0.257 e. The third-order valence-electron chi connectivity index (χ3n) is 7.61. The van der Waals surface area contributed by atoms with Gasteiger partial charge in [0.15, 0.2) is 0 Å². The summed E-state index contributed by atoms with van der Waals surface area (Å²) in [5.74, 6) is 0.630. The average molecular weight is 487 g/mol. The molecule has 0 spiro atoms. The minimum absolute atomic E-state index is 0.118. The van der Waals surface area contributed by atoms with Crippen molar-refractivity contribution in [3.05, 3.63) is 118 Å². The minimum atomic E-state index is -0.118. The quantitative estimate of drug-likeness (QED) is 0.315. The Morgan fingerprint density at radius 2 is 1.70 bits per heavy atom. The second-order valence-electron chi connectivity index (χ2n) is 9.96. The Balaban J connectivity index is 1.28. The van der Waals surface area contributed by atoms with Crippen LogP contribution in [0.3, 0.4) is 0 Å². The van der Waals surface area contributed by atoms with Gasteiger partial charge in [-0.2, -0.15) is 0 Å². The van der Waals surface area contributed by atoms with Gasteiger partial charge >= 0.3 is 0 Å². The molecule has 5 aromatic rings. The average Bonchev–Trinajstić information content (AvgIpc) is 2.95. The molecule has 0 bridgehead atoms. The van der Waals surface area contributed by atoms with E-state index in [4.69, 9.17) is 4.98 Å². The molecule has 6 rings (SSSR count). The molecule has 0 saturated carbocycles. The first-order valence-electron chi connectivity index (χ1n) is 13.0. The molecule has 3 aromatic heterocycles. The number of hydrogen-bond acceptors (Lipinski definition) is 4. The van der Waals surface area contributed by atoms with Gasteiger partial charge in [-0.25, -0.2) is 4.98 Å². The lowest BCUT2D eigenvalue weighted by molar-refractivity contribution is 0.204. The molecule has 0 unspecified atom stereocenters. The predicted octanol–water partition coefficient (Wildman–Crippen LogP) is 6.34. The number of fused-ring (bicyclic) bond motifs is 1. The van der Waals surface area contributed by atoms with Crippen molar-refractivity contribution in [3.8, 4) is 22.4 Å². The Morgan fingerprint density at radius 3 is 2.46 bits per heavy atom. The number of hydrogen-bond donors (Lipinski definition) is 1. The van der Waals surface area contributed by atoms with Crippen molar-refractivity contribution in [2.24, 2.45) is 0 Å². The summed E-state index contributed by atoms with van der Waals surface area (Å²) in [6.07, 6.45) is 7.83. The lowest BCUT2D eigenvalue weighted by Crippen LogP contribution is -2.32. The van der Waals surface area contributed by atoms with Crippen LogP contribution in [0.1, 0.15) is 35.4 Å². The van der Waals surface area contributed by atoms with E-state index < -0.39 is 0 Å². The molecule has 1 fully saturated rings. The number of pyridine rings is 3. The van der Waals surface area contributed by atoms with Crippen molar-refractivity contribution in [3.63, 3.8) is 0 Å². The molecule has 5 nitrogen and oxygen atoms in total. The fraction of sp³-hybridized carbons (Fsp3) is 0.219. The van der Waals surface area contributed by atoms with Gasteiger partial charge in [-0.3, -0.25) is 14.7 Å². The van der Waals surface area contributed by atoms with Crippen LogP contribution in [-0.2, 0) is 6.54 Å². The number of nitrogens with zero attached hydrogens (tertiary/aromatic N) is 3. The summed E-state index contributed by atoms with van der Waals surface area (Å²) >= 11 is 0. The van der Waals surface area contributed by atoms with Crippen molar-refractivity contribution in [1.82, 2.24) is 19.9 Å². The van der Waals surface area contributed by atoms with E-state index in [0.717, 1.165) is 42.0 Å². The summed E-state index contributed by atoms with van der Waals surface area (Å²) in [5, 5.41) is 0.605. The maximum Gasteiger partial charge on any atom is 0.257 e. The van der Waals surface area contributed by atoms with E-state index in [9.17, 15) is 4.79 Å². The lowest BCUT2D eigenvalue weighted by atomic mass is 9.89. The van der Waals surface area contributed by atoms with Gasteiger partial charge in [0.25, 0.3) is 5.56 Å². The predicted molar refractivity (Wildman–Crippen MR) is 149 cm³/mol. The van der Waals surface area contributed by atoms with Gasteiger partial charge in [0, 0.05) is 36.3 Å². The molecule has 1 saturated heterocycles. The number of likely N-dealkylation sites (tertiary alicyclic amines) is 1. The summed E-state index contributed by atoms with van der Waals surface area (Å²) < 4.78 is 0. The molecule has 4 heterocycles. The number of rotatable bonds is 5. The van der Waals surface area contributed by atoms with Gasteiger partial charge in [0.2, 0.25) is 0 Å². The molecule has 37 heavy (non-hydrogen) atoms. The van der Waals surface area contributed by atoms with Crippen molar-refractivity contribution in [2.45, 2.75) is 32.2 Å². The molecule has 0 radical (unpaired) electrons. The molecule has 5 heteroatoms. The van der Waals surface area contributed by atoms with Crippen LogP contribution in [-0.4, -0.2) is 32.9 Å². The number of benzene rings is 2. The maximum absolute atomic E-state index is 12.5. The zero-order valence-electron chi connectivity index (χ0n) is 21.0. The molecule has 0 amide bonds. The number of nitrogens with one attached hydrogen (secondary N) is 1. The molecule has 1 N–H and O–H groups in total. The summed E-state index contributed by atoms with van der Waals surface area (Å²) in [7, 11) is 0. The Hall–Kier alpha value is -4.09. The summed E-state index contributed by atoms with van der Waals surface area (Å²) in [4.78, 5) is 27.0. The largest absolute Gasteiger partial charge is 0.328 e. The van der Waals surface area contributed by atoms with Crippen LogP contribution < -0.4 is 5.56 Å². The van der Waals surface area contributed by atoms with Crippen LogP contribution in [0, 0.1) is 6.92 Å². The van der Waals surface area contributed by atoms with Crippen molar-refractivity contribution >= 4 is 10.9 Å². The molecule has 0 atom stereocenters. The second-order valence-corrected chi connectivity index (χ2v) is 9.96. The highest BCUT2D eigenvalue weighted by Crippen LogP contribution is 2.34. The van der Waals surface area contributed by atoms with Crippen molar-refractivity contribution in [1.29, 1.82) is 0 Å². The van der Waals surface area contributed by atoms with E-state index in [1.54, 1.807) is 6.20 Å². The first-order valence-corrected chi connectivity index (χ1v) is 13.0. The van der Waals surface area contributed by atoms with Gasteiger partial charge in [0.1, 0.15) is 0 Å². The first-order chi connectivity index (χ1) is 18.2. The van der Waals surface area contributed by atoms with Gasteiger partial charge in [-0.15, -0.1) is 0 Å². The molecule has 184 valence electrons. The summed E-state index contributed by atoms with van der Waals surface area (Å²) in [6.45, 7) is 5.36. The zero-order chi connectivity index (χ0) is 25.2. The molecular weight excluding hydrogens is 456 g/mol. The highest BCUT2D eigenvalue weighted by atomic mass is 16.1. The fourth-order valence-corrected chi connectivity index (χ4v) is 5.49. The van der Waals surface area contributed by atoms with Crippen LogP contribution in [0.2, 0.25) is 0 Å². The van der Waals surface area contributed by atoms with Gasteiger partial charge in [-0.05, 0) is 91.4 Å². The Bertz CT molecular complexity index is 1590. The van der Waals surface area contributed by atoms with Gasteiger partial charge in [0.05, 0.1) is 16.6 Å². The van der Waals surface area contributed by atoms with E-state index in [0.29, 0.717) is 16.8 Å². The van der Waals surface area contributed by atoms with Crippen LogP contribution in [0.4, 0.5) is 0 Å². The van der Waals surface area contributed by atoms with Crippen LogP contribution in [0.5, 0.6) is 0 Å². The lowest BCUT2D eigenvalue weighted by Gasteiger charge is -2.32. The molecule has 1 aliphatic heterocycles. The number of aryl methyl sites for hydroxylation is 1. The number of H-pyrrole nitrogens is 1. The van der Waals surface area contributed by atoms with Crippen LogP contribution >= 0.6 is 0 Å². The van der Waals surface area contributed by atoms with E-state index in [1.807, 2.05) is 42.7 Å². The second kappa shape index (κ2) is 10.1. The van der Waals surface area contributed by atoms with E-state index >= 15 is 0 Å². The normalized spacial score (nSPS) is 14.7. The molecule has 2 aromatic carbocycles. The van der Waals surface area contributed by atoms with Gasteiger partial charge in [-0.1, -0.05) is 42.5 Å². The number of aromatic amines is 1. The first kappa shape index (κ1) is 23.3. The SMILES string of the molecule is Cc1cc(-c2nc3cc[nH]c(=O)c3cc2-c2ccccc2)ccc1CN1CCC(c2ccncc2)CC1. The molecule has 1 aliphatic rings. The number of piperidine rings is 1. The molecular formula is C32H30N4O. The van der Waals surface area contributed by atoms with E-state index in [-0.39, 0.29) is 5.56 Å². The number of aromatic nitrogens is 3. The van der Waals surface area contributed by atoms with Crippen LogP contribution in [0.25, 0.3) is 33.3 Å². The highest BCUT2D eigenvalue weighted by molar-refractivity contribution is 5.91. The van der Waals surface area contributed by atoms with Gasteiger partial charge < -0.3 is 4.98 Å². The van der Waals surface area contributed by atoms with Crippen molar-refractivity contribution in [2.75, 3.05) is 13.1 Å². The topological polar surface area (TPSA) is 61.9 Å². The third-order valence-corrected chi connectivity index (χ3v) is 7.61. The zero-order valence-corrected chi connectivity index (χ0v) is 21.0. The summed E-state index contributed by atoms with van der Waals surface area (Å²) in [6, 6.07) is 25.0. The fourth-order valence-electron chi connectivity index (χ4n) is 5.49. The Kier molecular flexibility index (Phi) is 6.37. The highest BCUT2D eigenvalue weighted by Gasteiger charge is 2.21. The minimum Gasteiger partial charge on any atom is -0.328 e. The Morgan fingerprint density at radius 1 is 0.919 bits per heavy atom.